The van der Waals surface area contributed by atoms with Crippen LogP contribution in [0.5, 0.6) is 0 Å². The van der Waals surface area contributed by atoms with E-state index in [1.807, 2.05) is 20.8 Å². The molecule has 2 rings (SSSR count). The van der Waals surface area contributed by atoms with Crippen molar-refractivity contribution in [3.8, 4) is 0 Å². The van der Waals surface area contributed by atoms with Crippen molar-refractivity contribution >= 4 is 18.3 Å². The number of amides is 1. The molecule has 0 aliphatic carbocycles. The molecule has 0 aromatic carbocycles. The van der Waals surface area contributed by atoms with Gasteiger partial charge in [0.25, 0.3) is 11.7 Å². The van der Waals surface area contributed by atoms with E-state index in [0.717, 1.165) is 6.54 Å². The lowest BCUT2D eigenvalue weighted by atomic mass is 9.96. The number of piperidine rings is 1. The van der Waals surface area contributed by atoms with E-state index in [4.69, 9.17) is 4.52 Å². The molecule has 0 spiro atoms. The Balaban J connectivity index is 0.00000220. The summed E-state index contributed by atoms with van der Waals surface area (Å²) in [7, 11) is 0. The summed E-state index contributed by atoms with van der Waals surface area (Å²) in [6.07, 6.45) is -0.222. The molecule has 2 atom stereocenters. The fraction of sp³-hybridized carbons (Fsp3) is 0.769. The number of carbonyl (C=O) groups is 1. The van der Waals surface area contributed by atoms with E-state index < -0.39 is 12.1 Å². The van der Waals surface area contributed by atoms with Crippen molar-refractivity contribution in [2.45, 2.75) is 38.8 Å². The van der Waals surface area contributed by atoms with Crippen molar-refractivity contribution < 1.29 is 13.7 Å². The highest BCUT2D eigenvalue weighted by Gasteiger charge is 2.27. The summed E-state index contributed by atoms with van der Waals surface area (Å²) in [5.74, 6) is -0.170. The lowest BCUT2D eigenvalue weighted by molar-refractivity contribution is 0.0914. The number of carbonyl (C=O) groups excluding carboxylic acids is 1. The molecule has 2 N–H and O–H groups in total. The third-order valence-electron chi connectivity index (χ3n) is 3.34. The maximum atomic E-state index is 13.6. The Morgan fingerprint density at radius 2 is 2.24 bits per heavy atom. The molecule has 0 bridgehead atoms. The molecule has 1 aromatic rings. The first-order valence-corrected chi connectivity index (χ1v) is 6.85. The van der Waals surface area contributed by atoms with Gasteiger partial charge in [-0.1, -0.05) is 25.9 Å². The molecule has 0 unspecified atom stereocenters. The minimum Gasteiger partial charge on any atom is -0.349 e. The summed E-state index contributed by atoms with van der Waals surface area (Å²) < 4.78 is 18.7. The van der Waals surface area contributed by atoms with E-state index in [0.29, 0.717) is 25.4 Å². The SMILES string of the molecule is CC(C)(C)c1nc(C(=O)NC[C@H]2CCNC[C@H]2F)no1.Cl. The Morgan fingerprint density at radius 1 is 1.52 bits per heavy atom. The van der Waals surface area contributed by atoms with Gasteiger partial charge in [-0.05, 0) is 13.0 Å². The maximum absolute atomic E-state index is 13.6. The average molecular weight is 321 g/mol. The van der Waals surface area contributed by atoms with Gasteiger partial charge in [0.1, 0.15) is 6.17 Å². The van der Waals surface area contributed by atoms with Gasteiger partial charge in [-0.15, -0.1) is 12.4 Å². The van der Waals surface area contributed by atoms with Crippen LogP contribution in [0.4, 0.5) is 4.39 Å². The maximum Gasteiger partial charge on any atom is 0.292 e. The van der Waals surface area contributed by atoms with Crippen LogP contribution >= 0.6 is 12.4 Å². The second-order valence-electron chi connectivity index (χ2n) is 6.15. The van der Waals surface area contributed by atoms with Gasteiger partial charge in [-0.2, -0.15) is 4.98 Å². The predicted molar refractivity (Wildman–Crippen MR) is 78.5 cm³/mol. The van der Waals surface area contributed by atoms with Crippen molar-refractivity contribution in [1.82, 2.24) is 20.8 Å². The van der Waals surface area contributed by atoms with E-state index in [2.05, 4.69) is 20.8 Å². The van der Waals surface area contributed by atoms with E-state index in [9.17, 15) is 9.18 Å². The molecule has 1 fully saturated rings. The van der Waals surface area contributed by atoms with Gasteiger partial charge in [0, 0.05) is 24.4 Å². The lowest BCUT2D eigenvalue weighted by Gasteiger charge is -2.26. The summed E-state index contributed by atoms with van der Waals surface area (Å²) in [6, 6.07) is 0. The smallest absolute Gasteiger partial charge is 0.292 e. The standard InChI is InChI=1S/C13H21FN4O2.ClH/c1-13(2,3)12-17-10(18-20-12)11(19)16-6-8-4-5-15-7-9(8)14;/h8-9,15H,4-7H2,1-3H3,(H,16,19);1H/t8-,9-;/m1./s1. The molecular weight excluding hydrogens is 299 g/mol. The summed E-state index contributed by atoms with van der Waals surface area (Å²) >= 11 is 0. The van der Waals surface area contributed by atoms with E-state index in [1.165, 1.54) is 0 Å². The molecule has 120 valence electrons. The van der Waals surface area contributed by atoms with Gasteiger partial charge in [-0.25, -0.2) is 4.39 Å². The summed E-state index contributed by atoms with van der Waals surface area (Å²) in [5, 5.41) is 9.31. The third kappa shape index (κ3) is 4.64. The number of nitrogens with one attached hydrogen (secondary N) is 2. The third-order valence-corrected chi connectivity index (χ3v) is 3.34. The quantitative estimate of drug-likeness (QED) is 0.881. The van der Waals surface area contributed by atoms with Gasteiger partial charge >= 0.3 is 0 Å². The molecule has 0 saturated carbocycles. The Hall–Kier alpha value is -1.21. The molecule has 6 nitrogen and oxygen atoms in total. The summed E-state index contributed by atoms with van der Waals surface area (Å²) in [5.41, 5.74) is -0.301. The van der Waals surface area contributed by atoms with Crippen LogP contribution < -0.4 is 10.6 Å². The zero-order valence-electron chi connectivity index (χ0n) is 12.5. The Kier molecular flexibility index (Phi) is 6.10. The molecule has 1 aliphatic heterocycles. The molecular formula is C13H22ClFN4O2. The molecule has 2 heterocycles. The number of nitrogens with zero attached hydrogens (tertiary/aromatic N) is 2. The van der Waals surface area contributed by atoms with Gasteiger partial charge < -0.3 is 15.2 Å². The van der Waals surface area contributed by atoms with Crippen LogP contribution in [0.2, 0.25) is 0 Å². The number of hydrogen-bond donors (Lipinski definition) is 2. The van der Waals surface area contributed by atoms with Gasteiger partial charge in [-0.3, -0.25) is 4.79 Å². The van der Waals surface area contributed by atoms with Crippen molar-refractivity contribution in [3.63, 3.8) is 0 Å². The largest absolute Gasteiger partial charge is 0.349 e. The normalized spacial score (nSPS) is 22.5. The average Bonchev–Trinajstić information content (AvgIpc) is 2.87. The van der Waals surface area contributed by atoms with Gasteiger partial charge in [0.05, 0.1) is 0 Å². The molecule has 21 heavy (non-hydrogen) atoms. The molecule has 1 saturated heterocycles. The van der Waals surface area contributed by atoms with Crippen LogP contribution in [0.3, 0.4) is 0 Å². The van der Waals surface area contributed by atoms with Crippen LogP contribution in [0.15, 0.2) is 4.52 Å². The summed E-state index contributed by atoms with van der Waals surface area (Å²) in [6.45, 7) is 7.18. The number of rotatable bonds is 3. The van der Waals surface area contributed by atoms with Crippen molar-refractivity contribution in [1.29, 1.82) is 0 Å². The van der Waals surface area contributed by atoms with E-state index in [-0.39, 0.29) is 29.6 Å². The topological polar surface area (TPSA) is 80.0 Å². The summed E-state index contributed by atoms with van der Waals surface area (Å²) in [4.78, 5) is 16.0. The predicted octanol–water partition coefficient (Wildman–Crippen LogP) is 1.47. The zero-order valence-corrected chi connectivity index (χ0v) is 13.3. The van der Waals surface area contributed by atoms with Crippen LogP contribution in [-0.4, -0.2) is 41.9 Å². The lowest BCUT2D eigenvalue weighted by Crippen LogP contribution is -2.43. The van der Waals surface area contributed by atoms with Crippen molar-refractivity contribution in [2.75, 3.05) is 19.6 Å². The second-order valence-corrected chi connectivity index (χ2v) is 6.15. The highest BCUT2D eigenvalue weighted by Crippen LogP contribution is 2.19. The molecule has 0 radical (unpaired) electrons. The first-order valence-electron chi connectivity index (χ1n) is 6.85. The van der Waals surface area contributed by atoms with Crippen molar-refractivity contribution in [2.24, 2.45) is 5.92 Å². The highest BCUT2D eigenvalue weighted by molar-refractivity contribution is 5.90. The van der Waals surface area contributed by atoms with Crippen LogP contribution in [0.25, 0.3) is 0 Å². The van der Waals surface area contributed by atoms with Crippen molar-refractivity contribution in [3.05, 3.63) is 11.7 Å². The molecule has 8 heteroatoms. The van der Waals surface area contributed by atoms with Crippen LogP contribution in [0, 0.1) is 5.92 Å². The monoisotopic (exact) mass is 320 g/mol. The first-order chi connectivity index (χ1) is 9.38. The minimum absolute atomic E-state index is 0. The highest BCUT2D eigenvalue weighted by atomic mass is 35.5. The van der Waals surface area contributed by atoms with Crippen LogP contribution in [0.1, 0.15) is 43.7 Å². The van der Waals surface area contributed by atoms with Gasteiger partial charge in [0.2, 0.25) is 5.89 Å². The molecule has 1 amide bonds. The van der Waals surface area contributed by atoms with E-state index >= 15 is 0 Å². The Morgan fingerprint density at radius 3 is 2.81 bits per heavy atom. The number of hydrogen-bond acceptors (Lipinski definition) is 5. The molecule has 1 aromatic heterocycles. The van der Waals surface area contributed by atoms with E-state index in [1.54, 1.807) is 0 Å². The first kappa shape index (κ1) is 17.8. The Labute approximate surface area is 129 Å². The minimum atomic E-state index is -0.931. The number of alkyl halides is 1. The van der Waals surface area contributed by atoms with Crippen LogP contribution in [-0.2, 0) is 5.41 Å². The van der Waals surface area contributed by atoms with Gasteiger partial charge in [0.15, 0.2) is 0 Å². The molecule has 1 aliphatic rings. The fourth-order valence-electron chi connectivity index (χ4n) is 2.03. The zero-order chi connectivity index (χ0) is 14.8. The number of aromatic nitrogens is 2. The Bertz CT molecular complexity index is 475. The second kappa shape index (κ2) is 7.17. The number of halogens is 2. The fourth-order valence-corrected chi connectivity index (χ4v) is 2.03.